The molecular weight excluding hydrogens is 256 g/mol. The Kier molecular flexibility index (Phi) is 3.37. The van der Waals surface area contributed by atoms with Crippen LogP contribution in [0.25, 0.3) is 0 Å². The molecule has 1 aliphatic heterocycles. The number of hydrogen-bond acceptors (Lipinski definition) is 4. The number of ether oxygens (including phenoxy) is 2. The normalized spacial score (nSPS) is 50.4. The summed E-state index contributed by atoms with van der Waals surface area (Å²) in [5.41, 5.74) is -0.602. The molecule has 1 heterocycles. The Hall–Kier alpha value is -0.610. The third-order valence-electron chi connectivity index (χ3n) is 6.10. The minimum Gasteiger partial charge on any atom is -0.465 e. The molecule has 0 aromatic carbocycles. The van der Waals surface area contributed by atoms with E-state index in [4.69, 9.17) is 9.47 Å². The highest BCUT2D eigenvalue weighted by Crippen LogP contribution is 2.60. The van der Waals surface area contributed by atoms with E-state index >= 15 is 0 Å². The molecule has 4 heteroatoms. The van der Waals surface area contributed by atoms with Gasteiger partial charge in [-0.05, 0) is 38.0 Å². The van der Waals surface area contributed by atoms with Crippen LogP contribution in [0.2, 0.25) is 0 Å². The molecule has 4 aliphatic rings. The molecule has 4 rings (SSSR count). The lowest BCUT2D eigenvalue weighted by atomic mass is 9.47. The van der Waals surface area contributed by atoms with Gasteiger partial charge in [0.05, 0.1) is 24.2 Å². The minimum atomic E-state index is -0.602. The third-order valence-corrected chi connectivity index (χ3v) is 6.10. The van der Waals surface area contributed by atoms with Crippen LogP contribution in [0.4, 0.5) is 0 Å². The van der Waals surface area contributed by atoms with E-state index in [0.717, 1.165) is 6.42 Å². The fourth-order valence-electron chi connectivity index (χ4n) is 5.16. The molecule has 0 radical (unpaired) electrons. The van der Waals surface area contributed by atoms with E-state index in [9.17, 15) is 9.90 Å². The van der Waals surface area contributed by atoms with E-state index in [-0.39, 0.29) is 29.6 Å². The largest absolute Gasteiger partial charge is 0.465 e. The summed E-state index contributed by atoms with van der Waals surface area (Å²) in [5, 5.41) is 10.9. The summed E-state index contributed by atoms with van der Waals surface area (Å²) in [4.78, 5) is 12.1. The summed E-state index contributed by atoms with van der Waals surface area (Å²) in [5.74, 6) is 1.19. The second-order valence-corrected chi connectivity index (χ2v) is 7.21. The van der Waals surface area contributed by atoms with Crippen molar-refractivity contribution >= 4 is 5.97 Å². The van der Waals surface area contributed by atoms with Crippen LogP contribution < -0.4 is 0 Å². The Morgan fingerprint density at radius 3 is 2.80 bits per heavy atom. The zero-order valence-electron chi connectivity index (χ0n) is 12.8. The van der Waals surface area contributed by atoms with Gasteiger partial charge in [-0.25, -0.2) is 0 Å². The van der Waals surface area contributed by atoms with Crippen molar-refractivity contribution in [2.75, 3.05) is 13.2 Å². The summed E-state index contributed by atoms with van der Waals surface area (Å²) in [7, 11) is 0. The molecular formula is C16H26O4. The van der Waals surface area contributed by atoms with Gasteiger partial charge in [-0.1, -0.05) is 13.8 Å². The van der Waals surface area contributed by atoms with Crippen LogP contribution in [0.5, 0.6) is 0 Å². The quantitative estimate of drug-likeness (QED) is 0.803. The van der Waals surface area contributed by atoms with Gasteiger partial charge in [0, 0.05) is 18.4 Å². The maximum Gasteiger partial charge on any atom is 0.309 e. The maximum absolute atomic E-state index is 12.1. The molecule has 0 aromatic rings. The zero-order chi connectivity index (χ0) is 14.7. The highest BCUT2D eigenvalue weighted by Gasteiger charge is 2.67. The third kappa shape index (κ3) is 1.70. The van der Waals surface area contributed by atoms with Gasteiger partial charge in [0.15, 0.2) is 0 Å². The van der Waals surface area contributed by atoms with Gasteiger partial charge in [0.1, 0.15) is 0 Å². The van der Waals surface area contributed by atoms with Gasteiger partial charge in [0.2, 0.25) is 0 Å². The first-order valence-electron chi connectivity index (χ1n) is 7.90. The van der Waals surface area contributed by atoms with Crippen molar-refractivity contribution < 1.29 is 19.4 Å². The number of esters is 1. The lowest BCUT2D eigenvalue weighted by Gasteiger charge is -2.60. The van der Waals surface area contributed by atoms with Crippen molar-refractivity contribution in [2.24, 2.45) is 35.5 Å². The lowest BCUT2D eigenvalue weighted by molar-refractivity contribution is -0.251. The highest BCUT2D eigenvalue weighted by atomic mass is 16.5. The van der Waals surface area contributed by atoms with Crippen molar-refractivity contribution in [3.05, 3.63) is 0 Å². The van der Waals surface area contributed by atoms with E-state index in [0.29, 0.717) is 25.0 Å². The van der Waals surface area contributed by atoms with E-state index in [1.165, 1.54) is 0 Å². The van der Waals surface area contributed by atoms with Crippen molar-refractivity contribution in [2.45, 2.75) is 45.8 Å². The molecule has 7 atom stereocenters. The summed E-state index contributed by atoms with van der Waals surface area (Å²) in [6, 6.07) is 0. The van der Waals surface area contributed by atoms with E-state index in [2.05, 4.69) is 13.8 Å². The van der Waals surface area contributed by atoms with Crippen LogP contribution in [0, 0.1) is 35.5 Å². The number of cyclic esters (lactones) is 1. The van der Waals surface area contributed by atoms with Gasteiger partial charge >= 0.3 is 5.97 Å². The molecule has 4 nitrogen and oxygen atoms in total. The molecule has 0 aromatic heterocycles. The van der Waals surface area contributed by atoms with Crippen molar-refractivity contribution in [3.63, 3.8) is 0 Å². The predicted molar refractivity (Wildman–Crippen MR) is 73.9 cm³/mol. The zero-order valence-corrected chi connectivity index (χ0v) is 12.8. The van der Waals surface area contributed by atoms with Crippen LogP contribution >= 0.6 is 0 Å². The van der Waals surface area contributed by atoms with E-state index in [1.807, 2.05) is 13.8 Å². The fourth-order valence-corrected chi connectivity index (χ4v) is 5.16. The van der Waals surface area contributed by atoms with Gasteiger partial charge in [-0.15, -0.1) is 0 Å². The molecule has 3 saturated carbocycles. The molecule has 2 bridgehead atoms. The highest BCUT2D eigenvalue weighted by molar-refractivity contribution is 5.76. The Morgan fingerprint density at radius 2 is 2.20 bits per heavy atom. The van der Waals surface area contributed by atoms with Gasteiger partial charge in [-0.2, -0.15) is 0 Å². The van der Waals surface area contributed by atoms with E-state index < -0.39 is 11.7 Å². The van der Waals surface area contributed by atoms with Crippen molar-refractivity contribution in [1.29, 1.82) is 0 Å². The second-order valence-electron chi connectivity index (χ2n) is 7.21. The van der Waals surface area contributed by atoms with Crippen LogP contribution in [-0.2, 0) is 14.3 Å². The van der Waals surface area contributed by atoms with E-state index in [1.54, 1.807) is 0 Å². The fraction of sp³-hybridized carbons (Fsp3) is 0.938. The molecule has 4 fully saturated rings. The second kappa shape index (κ2) is 4.70. The van der Waals surface area contributed by atoms with Gasteiger partial charge < -0.3 is 14.6 Å². The number of hydrogen-bond donors (Lipinski definition) is 1. The average molecular weight is 282 g/mol. The first kappa shape index (κ1) is 14.3. The van der Waals surface area contributed by atoms with Crippen LogP contribution in [0.1, 0.15) is 34.1 Å². The van der Waals surface area contributed by atoms with Crippen LogP contribution in [-0.4, -0.2) is 36.0 Å². The molecule has 20 heavy (non-hydrogen) atoms. The Morgan fingerprint density at radius 1 is 1.50 bits per heavy atom. The number of carbonyl (C=O) groups excluding carboxylic acids is 1. The van der Waals surface area contributed by atoms with Gasteiger partial charge in [-0.3, -0.25) is 4.79 Å². The van der Waals surface area contributed by atoms with Crippen molar-refractivity contribution in [3.8, 4) is 0 Å². The number of carbonyl (C=O) groups is 1. The number of aliphatic hydroxyl groups is 1. The number of fused-ring (bicyclic) bond motifs is 2. The summed E-state index contributed by atoms with van der Waals surface area (Å²) >= 11 is 0. The molecule has 0 amide bonds. The lowest BCUT2D eigenvalue weighted by Crippen LogP contribution is -2.68. The van der Waals surface area contributed by atoms with Gasteiger partial charge in [0.25, 0.3) is 0 Å². The molecule has 114 valence electrons. The molecule has 7 unspecified atom stereocenters. The number of aliphatic hydroxyl groups excluding tert-OH is 1. The average Bonchev–Trinajstić information content (AvgIpc) is 2.78. The summed E-state index contributed by atoms with van der Waals surface area (Å²) in [6.07, 6.45) is 0.468. The minimum absolute atomic E-state index is 0.0741. The Balaban J connectivity index is 2.01. The molecule has 1 N–H and O–H groups in total. The summed E-state index contributed by atoms with van der Waals surface area (Å²) in [6.45, 7) is 9.40. The molecule has 1 saturated heterocycles. The standard InChI is InChI=1S/C16H26O4/c1-5-20-16(4)11-6-9(8(2)3)12(14(16)17)10-7-19-15(18)13(10)11/h8-14,17H,5-7H2,1-4H3. The predicted octanol–water partition coefficient (Wildman–Crippen LogP) is 1.85. The van der Waals surface area contributed by atoms with Crippen LogP contribution in [0.15, 0.2) is 0 Å². The van der Waals surface area contributed by atoms with Crippen LogP contribution in [0.3, 0.4) is 0 Å². The SMILES string of the molecule is CCOC1(C)C(O)C2C(C(C)C)CC1C1C(=O)OCC12. The van der Waals surface area contributed by atoms with Crippen molar-refractivity contribution in [1.82, 2.24) is 0 Å². The monoisotopic (exact) mass is 282 g/mol. The topological polar surface area (TPSA) is 55.8 Å². The Bertz CT molecular complexity index is 407. The molecule has 3 aliphatic carbocycles. The first-order chi connectivity index (χ1) is 9.41. The summed E-state index contributed by atoms with van der Waals surface area (Å²) < 4.78 is 11.3. The smallest absolute Gasteiger partial charge is 0.309 e. The first-order valence-corrected chi connectivity index (χ1v) is 7.90. The molecule has 0 spiro atoms. The maximum atomic E-state index is 12.1. The number of rotatable bonds is 3. The Labute approximate surface area is 120 Å².